The van der Waals surface area contributed by atoms with Gasteiger partial charge in [-0.2, -0.15) is 5.10 Å². The van der Waals surface area contributed by atoms with E-state index < -0.39 is 0 Å². The van der Waals surface area contributed by atoms with Gasteiger partial charge >= 0.3 is 5.97 Å². The molecule has 1 heterocycles. The van der Waals surface area contributed by atoms with E-state index in [1.165, 1.54) is 6.92 Å². The van der Waals surface area contributed by atoms with Crippen LogP contribution in [0.2, 0.25) is 0 Å². The highest BCUT2D eigenvalue weighted by Crippen LogP contribution is 2.29. The molecule has 1 aliphatic rings. The zero-order valence-corrected chi connectivity index (χ0v) is 16.4. The van der Waals surface area contributed by atoms with Gasteiger partial charge in [0, 0.05) is 20.0 Å². The Labute approximate surface area is 165 Å². The van der Waals surface area contributed by atoms with Gasteiger partial charge in [-0.3, -0.25) is 9.80 Å². The molecule has 0 saturated carbocycles. The second-order valence-corrected chi connectivity index (χ2v) is 6.36. The van der Waals surface area contributed by atoms with Crippen LogP contribution < -0.4 is 19.1 Å². The van der Waals surface area contributed by atoms with Gasteiger partial charge in [-0.15, -0.1) is 0 Å². The lowest BCUT2D eigenvalue weighted by atomic mass is 10.2. The molecule has 3 rings (SSSR count). The highest BCUT2D eigenvalue weighted by Gasteiger charge is 2.18. The summed E-state index contributed by atoms with van der Waals surface area (Å²) in [5, 5.41) is 6.62. The molecule has 1 fully saturated rings. The normalized spacial score (nSPS) is 14.2. The second-order valence-electron chi connectivity index (χ2n) is 6.36. The third-order valence-electron chi connectivity index (χ3n) is 4.49. The van der Waals surface area contributed by atoms with Gasteiger partial charge in [-0.1, -0.05) is 12.1 Å². The molecule has 0 bridgehead atoms. The van der Waals surface area contributed by atoms with Crippen LogP contribution in [-0.2, 0) is 4.79 Å². The van der Waals surface area contributed by atoms with Crippen molar-refractivity contribution in [1.29, 1.82) is 0 Å². The van der Waals surface area contributed by atoms with Crippen LogP contribution in [0.4, 0.5) is 5.69 Å². The summed E-state index contributed by atoms with van der Waals surface area (Å²) in [5.74, 6) is 1.41. The number of para-hydroxylation sites is 2. The predicted molar refractivity (Wildman–Crippen MR) is 109 cm³/mol. The molecule has 2 aromatic rings. The van der Waals surface area contributed by atoms with E-state index in [2.05, 4.69) is 16.1 Å². The van der Waals surface area contributed by atoms with Crippen LogP contribution in [0.1, 0.15) is 12.5 Å². The van der Waals surface area contributed by atoms with Gasteiger partial charge in [0.15, 0.2) is 11.5 Å². The number of hydrogen-bond donors (Lipinski definition) is 0. The largest absolute Gasteiger partial charge is 0.495 e. The van der Waals surface area contributed by atoms with Gasteiger partial charge in [0.1, 0.15) is 5.75 Å². The summed E-state index contributed by atoms with van der Waals surface area (Å²) >= 11 is 0. The molecule has 0 aliphatic carbocycles. The highest BCUT2D eigenvalue weighted by molar-refractivity contribution is 5.81. The van der Waals surface area contributed by atoms with Crippen LogP contribution in [0.3, 0.4) is 0 Å². The average Bonchev–Trinajstić information content (AvgIpc) is 2.73. The smallest absolute Gasteiger partial charge is 0.308 e. The van der Waals surface area contributed by atoms with E-state index in [1.807, 2.05) is 29.3 Å². The number of hydrazone groups is 1. The van der Waals surface area contributed by atoms with Gasteiger partial charge in [-0.25, -0.2) is 0 Å². The summed E-state index contributed by atoms with van der Waals surface area (Å²) in [5.41, 5.74) is 1.99. The van der Waals surface area contributed by atoms with Crippen molar-refractivity contribution >= 4 is 17.9 Å². The van der Waals surface area contributed by atoms with E-state index in [4.69, 9.17) is 14.2 Å². The zero-order valence-electron chi connectivity index (χ0n) is 16.4. The predicted octanol–water partition coefficient (Wildman–Crippen LogP) is 2.79. The summed E-state index contributed by atoms with van der Waals surface area (Å²) in [4.78, 5) is 13.5. The first-order valence-electron chi connectivity index (χ1n) is 9.14. The minimum atomic E-state index is -0.382. The van der Waals surface area contributed by atoms with Crippen molar-refractivity contribution in [3.8, 4) is 17.2 Å². The molecule has 0 spiro atoms. The van der Waals surface area contributed by atoms with Crippen molar-refractivity contribution < 1.29 is 19.0 Å². The van der Waals surface area contributed by atoms with Crippen LogP contribution in [0.5, 0.6) is 17.2 Å². The van der Waals surface area contributed by atoms with Crippen molar-refractivity contribution in [2.45, 2.75) is 6.92 Å². The van der Waals surface area contributed by atoms with Crippen molar-refractivity contribution in [3.05, 3.63) is 48.0 Å². The van der Waals surface area contributed by atoms with Gasteiger partial charge in [0.25, 0.3) is 0 Å². The van der Waals surface area contributed by atoms with Crippen LogP contribution in [-0.4, -0.2) is 57.6 Å². The monoisotopic (exact) mass is 383 g/mol. The maximum atomic E-state index is 11.1. The maximum absolute atomic E-state index is 11.1. The molecule has 0 N–H and O–H groups in total. The number of piperazine rings is 1. The summed E-state index contributed by atoms with van der Waals surface area (Å²) < 4.78 is 15.9. The van der Waals surface area contributed by atoms with Crippen molar-refractivity contribution in [2.75, 3.05) is 45.3 Å². The van der Waals surface area contributed by atoms with Gasteiger partial charge < -0.3 is 19.1 Å². The number of benzene rings is 2. The number of ether oxygens (including phenoxy) is 3. The van der Waals surface area contributed by atoms with Crippen molar-refractivity contribution in [1.82, 2.24) is 5.01 Å². The number of esters is 1. The Morgan fingerprint density at radius 1 is 0.964 bits per heavy atom. The Morgan fingerprint density at radius 2 is 1.68 bits per heavy atom. The Morgan fingerprint density at radius 3 is 2.36 bits per heavy atom. The third kappa shape index (κ3) is 4.73. The van der Waals surface area contributed by atoms with Gasteiger partial charge in [0.05, 0.1) is 39.2 Å². The molecule has 0 amide bonds. The number of nitrogens with zero attached hydrogens (tertiary/aromatic N) is 3. The summed E-state index contributed by atoms with van der Waals surface area (Å²) in [7, 11) is 3.24. The fourth-order valence-electron chi connectivity index (χ4n) is 3.10. The Hall–Kier alpha value is -3.22. The highest BCUT2D eigenvalue weighted by atomic mass is 16.6. The van der Waals surface area contributed by atoms with Crippen molar-refractivity contribution in [2.24, 2.45) is 5.10 Å². The van der Waals surface area contributed by atoms with E-state index in [1.54, 1.807) is 32.6 Å². The number of rotatable bonds is 6. The summed E-state index contributed by atoms with van der Waals surface area (Å²) in [6.45, 7) is 4.73. The molecule has 7 nitrogen and oxygen atoms in total. The van der Waals surface area contributed by atoms with E-state index in [0.717, 1.165) is 43.2 Å². The van der Waals surface area contributed by atoms with E-state index in [0.29, 0.717) is 11.5 Å². The Kier molecular flexibility index (Phi) is 6.37. The van der Waals surface area contributed by atoms with E-state index >= 15 is 0 Å². The zero-order chi connectivity index (χ0) is 19.9. The Balaban J connectivity index is 1.61. The first kappa shape index (κ1) is 19.5. The molecule has 7 heteroatoms. The second kappa shape index (κ2) is 9.12. The number of carbonyl (C=O) groups excluding carboxylic acids is 1. The molecule has 1 saturated heterocycles. The van der Waals surface area contributed by atoms with Crippen LogP contribution in [0, 0.1) is 0 Å². The molecule has 148 valence electrons. The topological polar surface area (TPSA) is 63.6 Å². The lowest BCUT2D eigenvalue weighted by molar-refractivity contribution is -0.132. The fraction of sp³-hybridized carbons (Fsp3) is 0.333. The molecule has 0 radical (unpaired) electrons. The van der Waals surface area contributed by atoms with E-state index in [9.17, 15) is 4.79 Å². The first-order chi connectivity index (χ1) is 13.6. The van der Waals surface area contributed by atoms with Crippen molar-refractivity contribution in [3.63, 3.8) is 0 Å². The Bertz CT molecular complexity index is 845. The SMILES string of the molecule is COc1cc(/C=N\N2CCN(c3ccccc3OC)CC2)ccc1OC(C)=O. The number of hydrogen-bond acceptors (Lipinski definition) is 7. The number of methoxy groups -OCH3 is 2. The molecular weight excluding hydrogens is 358 g/mol. The molecule has 0 atom stereocenters. The quantitative estimate of drug-likeness (QED) is 0.434. The standard InChI is InChI=1S/C21H25N3O4/c1-16(25)28-20-9-8-17(14-21(20)27-3)15-22-24-12-10-23(11-13-24)18-6-4-5-7-19(18)26-2/h4-9,14-15H,10-13H2,1-3H3/b22-15-. The van der Waals surface area contributed by atoms with Crippen LogP contribution in [0.15, 0.2) is 47.6 Å². The minimum Gasteiger partial charge on any atom is -0.495 e. The average molecular weight is 383 g/mol. The van der Waals surface area contributed by atoms with Gasteiger partial charge in [0.2, 0.25) is 0 Å². The van der Waals surface area contributed by atoms with Gasteiger partial charge in [-0.05, 0) is 35.9 Å². The number of carbonyl (C=O) groups is 1. The molecule has 1 aliphatic heterocycles. The summed E-state index contributed by atoms with van der Waals surface area (Å²) in [6, 6.07) is 13.4. The molecular formula is C21H25N3O4. The molecule has 0 aromatic heterocycles. The van der Waals surface area contributed by atoms with Crippen LogP contribution in [0.25, 0.3) is 0 Å². The molecule has 0 unspecified atom stereocenters. The lowest BCUT2D eigenvalue weighted by Gasteiger charge is -2.35. The molecule has 28 heavy (non-hydrogen) atoms. The first-order valence-corrected chi connectivity index (χ1v) is 9.14. The lowest BCUT2D eigenvalue weighted by Crippen LogP contribution is -2.44. The third-order valence-corrected chi connectivity index (χ3v) is 4.49. The molecule has 2 aromatic carbocycles. The number of anilines is 1. The minimum absolute atomic E-state index is 0.382. The summed E-state index contributed by atoms with van der Waals surface area (Å²) in [6.07, 6.45) is 1.79. The van der Waals surface area contributed by atoms with Crippen LogP contribution >= 0.6 is 0 Å². The maximum Gasteiger partial charge on any atom is 0.308 e. The fourth-order valence-corrected chi connectivity index (χ4v) is 3.10. The van der Waals surface area contributed by atoms with E-state index in [-0.39, 0.29) is 5.97 Å².